The highest BCUT2D eigenvalue weighted by Gasteiger charge is 2.16. The van der Waals surface area contributed by atoms with Gasteiger partial charge in [-0.1, -0.05) is 58.2 Å². The Labute approximate surface area is 159 Å². The number of benzene rings is 2. The second kappa shape index (κ2) is 8.82. The molecule has 124 valence electrons. The number of hydrogen-bond acceptors (Lipinski definition) is 3. The zero-order valence-corrected chi connectivity index (χ0v) is 15.8. The van der Waals surface area contributed by atoms with Gasteiger partial charge < -0.3 is 10.2 Å². The molecule has 0 saturated carbocycles. The van der Waals surface area contributed by atoms with E-state index in [1.807, 2.05) is 12.1 Å². The minimum atomic E-state index is -0.0293. The first-order valence-electron chi connectivity index (χ1n) is 6.83. The van der Waals surface area contributed by atoms with Crippen LogP contribution in [0.1, 0.15) is 11.1 Å². The maximum atomic E-state index is 9.26. The quantitative estimate of drug-likeness (QED) is 0.657. The van der Waals surface area contributed by atoms with E-state index in [4.69, 9.17) is 46.4 Å². The Hall–Kier alpha value is -0.130. The van der Waals surface area contributed by atoms with Gasteiger partial charge >= 0.3 is 0 Å². The molecule has 0 heterocycles. The second-order valence-corrected chi connectivity index (χ2v) is 7.38. The van der Waals surface area contributed by atoms with E-state index in [-0.39, 0.29) is 13.2 Å². The van der Waals surface area contributed by atoms with Crippen molar-refractivity contribution in [2.45, 2.75) is 22.6 Å². The standard InChI is InChI=1S/C16H14Cl4O2S/c17-11-1-3-13(9(5-7-21)15(11)19)23-14-4-2-12(18)16(20)10(14)6-8-22/h1-4,21-22H,5-8H2. The van der Waals surface area contributed by atoms with Crippen molar-refractivity contribution >= 4 is 58.2 Å². The molecule has 0 spiro atoms. The number of aliphatic hydroxyl groups excluding tert-OH is 2. The zero-order chi connectivity index (χ0) is 17.0. The molecular formula is C16H14Cl4O2S. The van der Waals surface area contributed by atoms with Gasteiger partial charge in [0.2, 0.25) is 0 Å². The van der Waals surface area contributed by atoms with E-state index in [9.17, 15) is 10.2 Å². The summed E-state index contributed by atoms with van der Waals surface area (Å²) in [4.78, 5) is 1.76. The summed E-state index contributed by atoms with van der Waals surface area (Å²) < 4.78 is 0. The van der Waals surface area contributed by atoms with Gasteiger partial charge in [-0.3, -0.25) is 0 Å². The van der Waals surface area contributed by atoms with Crippen LogP contribution in [0.4, 0.5) is 0 Å². The molecular weight excluding hydrogens is 398 g/mol. The fourth-order valence-electron chi connectivity index (χ4n) is 2.15. The van der Waals surface area contributed by atoms with Crippen molar-refractivity contribution in [1.29, 1.82) is 0 Å². The first-order chi connectivity index (χ1) is 11.0. The highest BCUT2D eigenvalue weighted by atomic mass is 35.5. The molecule has 0 aromatic heterocycles. The van der Waals surface area contributed by atoms with Crippen molar-refractivity contribution < 1.29 is 10.2 Å². The van der Waals surface area contributed by atoms with Gasteiger partial charge in [0.05, 0.1) is 20.1 Å². The van der Waals surface area contributed by atoms with Crippen molar-refractivity contribution in [3.8, 4) is 0 Å². The van der Waals surface area contributed by atoms with Gasteiger partial charge in [-0.05, 0) is 48.2 Å². The van der Waals surface area contributed by atoms with E-state index in [0.29, 0.717) is 32.9 Å². The van der Waals surface area contributed by atoms with Crippen LogP contribution in [-0.2, 0) is 12.8 Å². The lowest BCUT2D eigenvalue weighted by Crippen LogP contribution is -1.98. The van der Waals surface area contributed by atoms with Crippen LogP contribution in [-0.4, -0.2) is 23.4 Å². The third-order valence-corrected chi connectivity index (χ3v) is 6.14. The highest BCUT2D eigenvalue weighted by molar-refractivity contribution is 7.99. The van der Waals surface area contributed by atoms with Crippen molar-refractivity contribution in [3.63, 3.8) is 0 Å². The third-order valence-electron chi connectivity index (χ3n) is 3.25. The average Bonchev–Trinajstić information content (AvgIpc) is 2.53. The molecule has 0 saturated heterocycles. The lowest BCUT2D eigenvalue weighted by Gasteiger charge is -2.15. The van der Waals surface area contributed by atoms with Crippen LogP contribution in [0, 0.1) is 0 Å². The Morgan fingerprint density at radius 3 is 1.43 bits per heavy atom. The molecule has 0 aliphatic carbocycles. The highest BCUT2D eigenvalue weighted by Crippen LogP contribution is 2.41. The molecule has 0 atom stereocenters. The topological polar surface area (TPSA) is 40.5 Å². The number of halogens is 4. The summed E-state index contributed by atoms with van der Waals surface area (Å²) >= 11 is 26.1. The van der Waals surface area contributed by atoms with Crippen LogP contribution < -0.4 is 0 Å². The Morgan fingerprint density at radius 1 is 0.696 bits per heavy atom. The van der Waals surface area contributed by atoms with Gasteiger partial charge in [-0.15, -0.1) is 0 Å². The fourth-order valence-corrected chi connectivity index (χ4v) is 4.30. The molecule has 23 heavy (non-hydrogen) atoms. The van der Waals surface area contributed by atoms with Gasteiger partial charge in [0, 0.05) is 23.0 Å². The van der Waals surface area contributed by atoms with Crippen LogP contribution in [0.15, 0.2) is 34.1 Å². The zero-order valence-electron chi connectivity index (χ0n) is 12.0. The minimum Gasteiger partial charge on any atom is -0.396 e. The summed E-state index contributed by atoms with van der Waals surface area (Å²) in [5.74, 6) is 0. The van der Waals surface area contributed by atoms with Gasteiger partial charge in [0.25, 0.3) is 0 Å². The molecule has 2 N–H and O–H groups in total. The lowest BCUT2D eigenvalue weighted by molar-refractivity contribution is 0.298. The molecule has 7 heteroatoms. The molecule has 2 aromatic rings. The summed E-state index contributed by atoms with van der Waals surface area (Å²) in [5.41, 5.74) is 1.57. The molecule has 0 bridgehead atoms. The Morgan fingerprint density at radius 2 is 1.09 bits per heavy atom. The molecule has 0 unspecified atom stereocenters. The summed E-state index contributed by atoms with van der Waals surface area (Å²) in [5, 5.41) is 20.3. The molecule has 0 fully saturated rings. The van der Waals surface area contributed by atoms with E-state index >= 15 is 0 Å². The van der Waals surface area contributed by atoms with Crippen LogP contribution in [0.25, 0.3) is 0 Å². The van der Waals surface area contributed by atoms with Crippen molar-refractivity contribution in [2.24, 2.45) is 0 Å². The monoisotopic (exact) mass is 410 g/mol. The van der Waals surface area contributed by atoms with Gasteiger partial charge in [-0.2, -0.15) is 0 Å². The van der Waals surface area contributed by atoms with Crippen LogP contribution in [0.5, 0.6) is 0 Å². The predicted molar refractivity (Wildman–Crippen MR) is 98.6 cm³/mol. The lowest BCUT2D eigenvalue weighted by atomic mass is 10.1. The number of hydrogen-bond donors (Lipinski definition) is 2. The van der Waals surface area contributed by atoms with E-state index in [2.05, 4.69) is 0 Å². The Kier molecular flexibility index (Phi) is 7.36. The van der Waals surface area contributed by atoms with E-state index in [0.717, 1.165) is 20.9 Å². The van der Waals surface area contributed by atoms with E-state index in [1.165, 1.54) is 11.8 Å². The Bertz CT molecular complexity index is 647. The SMILES string of the molecule is OCCc1c(Sc2ccc(Cl)c(Cl)c2CCO)ccc(Cl)c1Cl. The van der Waals surface area contributed by atoms with Crippen molar-refractivity contribution in [1.82, 2.24) is 0 Å². The smallest absolute Gasteiger partial charge is 0.0636 e. The minimum absolute atomic E-state index is 0.0293. The molecule has 2 nitrogen and oxygen atoms in total. The predicted octanol–water partition coefficient (Wildman–Crippen LogP) is 5.52. The maximum absolute atomic E-state index is 9.26. The van der Waals surface area contributed by atoms with Crippen LogP contribution in [0.3, 0.4) is 0 Å². The van der Waals surface area contributed by atoms with Gasteiger partial charge in [0.1, 0.15) is 0 Å². The largest absolute Gasteiger partial charge is 0.396 e. The third kappa shape index (κ3) is 4.49. The molecule has 0 amide bonds. The van der Waals surface area contributed by atoms with Crippen LogP contribution >= 0.6 is 58.2 Å². The van der Waals surface area contributed by atoms with Crippen molar-refractivity contribution in [3.05, 3.63) is 55.5 Å². The Balaban J connectivity index is 2.47. The number of rotatable bonds is 6. The summed E-state index contributed by atoms with van der Waals surface area (Å²) in [6, 6.07) is 7.15. The van der Waals surface area contributed by atoms with Gasteiger partial charge in [-0.25, -0.2) is 0 Å². The normalized spacial score (nSPS) is 11.0. The molecule has 2 rings (SSSR count). The van der Waals surface area contributed by atoms with Gasteiger partial charge in [0.15, 0.2) is 0 Å². The summed E-state index contributed by atoms with van der Waals surface area (Å²) in [6.45, 7) is -0.0585. The van der Waals surface area contributed by atoms with E-state index in [1.54, 1.807) is 12.1 Å². The second-order valence-electron chi connectivity index (χ2n) is 4.73. The molecule has 0 radical (unpaired) electrons. The number of aliphatic hydroxyl groups is 2. The fraction of sp³-hybridized carbons (Fsp3) is 0.250. The first kappa shape index (κ1) is 19.2. The molecule has 2 aromatic carbocycles. The average molecular weight is 412 g/mol. The molecule has 0 aliphatic heterocycles. The van der Waals surface area contributed by atoms with Crippen molar-refractivity contribution in [2.75, 3.05) is 13.2 Å². The van der Waals surface area contributed by atoms with Crippen LogP contribution in [0.2, 0.25) is 20.1 Å². The first-order valence-corrected chi connectivity index (χ1v) is 9.15. The summed E-state index contributed by atoms with van der Waals surface area (Å²) in [7, 11) is 0. The van der Waals surface area contributed by atoms with E-state index < -0.39 is 0 Å². The maximum Gasteiger partial charge on any atom is 0.0636 e. The molecule has 0 aliphatic rings. The summed E-state index contributed by atoms with van der Waals surface area (Å²) in [6.07, 6.45) is 0.802.